The van der Waals surface area contributed by atoms with Gasteiger partial charge in [0.15, 0.2) is 5.82 Å². The van der Waals surface area contributed by atoms with Gasteiger partial charge in [-0.2, -0.15) is 4.98 Å². The number of primary sulfonamides is 1. The fourth-order valence-corrected chi connectivity index (χ4v) is 3.36. The summed E-state index contributed by atoms with van der Waals surface area (Å²) in [5, 5.41) is 9.26. The van der Waals surface area contributed by atoms with Crippen molar-refractivity contribution in [1.29, 1.82) is 0 Å². The number of aromatic nitrogens is 2. The standard InChI is InChI=1S/C18H18FN3O3S/c1-11-7-8-15(26(20,23)24)14(9-11)16-21-17(22-25-16)18(2,3)12-5-4-6-13(19)10-12/h4-10H,1-3H3,(H2,20,23,24). The Morgan fingerprint density at radius 1 is 1.15 bits per heavy atom. The maximum absolute atomic E-state index is 13.6. The summed E-state index contributed by atoms with van der Waals surface area (Å²) in [5.41, 5.74) is 0.980. The van der Waals surface area contributed by atoms with Crippen molar-refractivity contribution in [1.82, 2.24) is 10.1 Å². The number of halogens is 1. The molecule has 1 aromatic heterocycles. The first kappa shape index (κ1) is 18.2. The number of nitrogens with zero attached hydrogens (tertiary/aromatic N) is 2. The smallest absolute Gasteiger partial charge is 0.259 e. The summed E-state index contributed by atoms with van der Waals surface area (Å²) in [7, 11) is -3.96. The van der Waals surface area contributed by atoms with Crippen molar-refractivity contribution in [2.24, 2.45) is 5.14 Å². The predicted octanol–water partition coefficient (Wildman–Crippen LogP) is 3.16. The van der Waals surface area contributed by atoms with Crippen LogP contribution in [0.4, 0.5) is 4.39 Å². The molecule has 1 heterocycles. The highest BCUT2D eigenvalue weighted by Crippen LogP contribution is 2.33. The van der Waals surface area contributed by atoms with E-state index in [1.165, 1.54) is 18.2 Å². The Labute approximate surface area is 150 Å². The van der Waals surface area contributed by atoms with Crippen LogP contribution in [0.2, 0.25) is 0 Å². The number of hydrogen-bond acceptors (Lipinski definition) is 5. The maximum atomic E-state index is 13.6. The van der Waals surface area contributed by atoms with E-state index in [9.17, 15) is 12.8 Å². The zero-order valence-corrected chi connectivity index (χ0v) is 15.3. The number of sulfonamides is 1. The number of hydrogen-bond donors (Lipinski definition) is 1. The monoisotopic (exact) mass is 375 g/mol. The maximum Gasteiger partial charge on any atom is 0.259 e. The summed E-state index contributed by atoms with van der Waals surface area (Å²) in [6, 6.07) is 10.8. The molecule has 0 aliphatic rings. The molecule has 0 radical (unpaired) electrons. The molecule has 3 aromatic rings. The van der Waals surface area contributed by atoms with Gasteiger partial charge in [0.05, 0.1) is 15.9 Å². The first-order valence-corrected chi connectivity index (χ1v) is 9.38. The van der Waals surface area contributed by atoms with Gasteiger partial charge in [-0.1, -0.05) is 28.9 Å². The van der Waals surface area contributed by atoms with E-state index in [0.717, 1.165) is 5.56 Å². The molecule has 2 N–H and O–H groups in total. The SMILES string of the molecule is Cc1ccc(S(N)(=O)=O)c(-c2nc(C(C)(C)c3cccc(F)c3)no2)c1. The highest BCUT2D eigenvalue weighted by molar-refractivity contribution is 7.89. The van der Waals surface area contributed by atoms with Crippen LogP contribution < -0.4 is 5.14 Å². The molecular weight excluding hydrogens is 357 g/mol. The fraction of sp³-hybridized carbons (Fsp3) is 0.222. The van der Waals surface area contributed by atoms with Crippen LogP contribution in [0.25, 0.3) is 11.5 Å². The zero-order chi connectivity index (χ0) is 19.1. The summed E-state index contributed by atoms with van der Waals surface area (Å²) < 4.78 is 42.6. The van der Waals surface area contributed by atoms with Crippen LogP contribution in [0.5, 0.6) is 0 Å². The normalized spacial score (nSPS) is 12.3. The molecule has 2 aromatic carbocycles. The van der Waals surface area contributed by atoms with E-state index in [2.05, 4.69) is 10.1 Å². The van der Waals surface area contributed by atoms with Crippen molar-refractivity contribution < 1.29 is 17.3 Å². The van der Waals surface area contributed by atoms with Crippen LogP contribution in [0.15, 0.2) is 51.9 Å². The highest BCUT2D eigenvalue weighted by atomic mass is 32.2. The van der Waals surface area contributed by atoms with Gasteiger partial charge in [0, 0.05) is 0 Å². The molecule has 0 saturated carbocycles. The molecule has 0 spiro atoms. The first-order chi connectivity index (χ1) is 12.1. The van der Waals surface area contributed by atoms with Crippen molar-refractivity contribution >= 4 is 10.0 Å². The molecule has 0 fully saturated rings. The van der Waals surface area contributed by atoms with Gasteiger partial charge < -0.3 is 4.52 Å². The van der Waals surface area contributed by atoms with Crippen molar-refractivity contribution in [2.75, 3.05) is 0 Å². The Balaban J connectivity index is 2.11. The zero-order valence-electron chi connectivity index (χ0n) is 14.5. The van der Waals surface area contributed by atoms with Crippen LogP contribution in [0, 0.1) is 12.7 Å². The molecule has 136 valence electrons. The Bertz CT molecular complexity index is 1070. The molecular formula is C18H18FN3O3S. The molecule has 0 amide bonds. The van der Waals surface area contributed by atoms with E-state index >= 15 is 0 Å². The van der Waals surface area contributed by atoms with Crippen molar-refractivity contribution in [2.45, 2.75) is 31.1 Å². The lowest BCUT2D eigenvalue weighted by atomic mass is 9.84. The second kappa shape index (κ2) is 6.30. The average Bonchev–Trinajstić information content (AvgIpc) is 3.04. The summed E-state index contributed by atoms with van der Waals surface area (Å²) in [6.07, 6.45) is 0. The van der Waals surface area contributed by atoms with Crippen LogP contribution in [0.1, 0.15) is 30.8 Å². The van der Waals surface area contributed by atoms with Gasteiger partial charge >= 0.3 is 0 Å². The van der Waals surface area contributed by atoms with E-state index in [0.29, 0.717) is 11.4 Å². The molecule has 0 aliphatic carbocycles. The van der Waals surface area contributed by atoms with Crippen molar-refractivity contribution in [3.63, 3.8) is 0 Å². The van der Waals surface area contributed by atoms with E-state index < -0.39 is 15.4 Å². The van der Waals surface area contributed by atoms with Gasteiger partial charge in [0.1, 0.15) is 5.82 Å². The Kier molecular flexibility index (Phi) is 4.41. The lowest BCUT2D eigenvalue weighted by Gasteiger charge is -2.20. The second-order valence-corrected chi connectivity index (χ2v) is 8.13. The molecule has 0 bridgehead atoms. The van der Waals surface area contributed by atoms with Crippen LogP contribution >= 0.6 is 0 Å². The van der Waals surface area contributed by atoms with E-state index in [-0.39, 0.29) is 22.2 Å². The minimum Gasteiger partial charge on any atom is -0.334 e. The summed E-state index contributed by atoms with van der Waals surface area (Å²) >= 11 is 0. The largest absolute Gasteiger partial charge is 0.334 e. The summed E-state index contributed by atoms with van der Waals surface area (Å²) in [6.45, 7) is 5.46. The van der Waals surface area contributed by atoms with Crippen molar-refractivity contribution in [3.8, 4) is 11.5 Å². The fourth-order valence-electron chi connectivity index (χ4n) is 2.65. The molecule has 26 heavy (non-hydrogen) atoms. The number of benzene rings is 2. The Morgan fingerprint density at radius 2 is 1.88 bits per heavy atom. The Hall–Kier alpha value is -2.58. The lowest BCUT2D eigenvalue weighted by Crippen LogP contribution is -2.21. The number of rotatable bonds is 4. The van der Waals surface area contributed by atoms with Gasteiger partial charge in [0.25, 0.3) is 5.89 Å². The van der Waals surface area contributed by atoms with E-state index in [1.54, 1.807) is 24.3 Å². The van der Waals surface area contributed by atoms with Gasteiger partial charge in [-0.3, -0.25) is 0 Å². The van der Waals surface area contributed by atoms with E-state index in [1.807, 2.05) is 20.8 Å². The predicted molar refractivity (Wildman–Crippen MR) is 94.4 cm³/mol. The van der Waals surface area contributed by atoms with Crippen molar-refractivity contribution in [3.05, 3.63) is 65.2 Å². The molecule has 3 rings (SSSR count). The molecule has 0 unspecified atom stereocenters. The minimum atomic E-state index is -3.96. The molecule has 8 heteroatoms. The lowest BCUT2D eigenvalue weighted by molar-refractivity contribution is 0.407. The van der Waals surface area contributed by atoms with Crippen LogP contribution in [-0.4, -0.2) is 18.6 Å². The van der Waals surface area contributed by atoms with Gasteiger partial charge in [-0.05, 0) is 50.6 Å². The topological polar surface area (TPSA) is 99.1 Å². The quantitative estimate of drug-likeness (QED) is 0.755. The highest BCUT2D eigenvalue weighted by Gasteiger charge is 2.30. The third-order valence-electron chi connectivity index (χ3n) is 4.20. The van der Waals surface area contributed by atoms with E-state index in [4.69, 9.17) is 9.66 Å². The third-order valence-corrected chi connectivity index (χ3v) is 5.17. The third kappa shape index (κ3) is 3.38. The van der Waals surface area contributed by atoms with Crippen LogP contribution in [-0.2, 0) is 15.4 Å². The summed E-state index contributed by atoms with van der Waals surface area (Å²) in [4.78, 5) is 4.26. The summed E-state index contributed by atoms with van der Waals surface area (Å²) in [5.74, 6) is -0.0216. The minimum absolute atomic E-state index is 0.0391. The Morgan fingerprint density at radius 3 is 2.54 bits per heavy atom. The average molecular weight is 375 g/mol. The second-order valence-electron chi connectivity index (χ2n) is 6.60. The number of aryl methyl sites for hydroxylation is 1. The van der Waals surface area contributed by atoms with Crippen LogP contribution in [0.3, 0.4) is 0 Å². The molecule has 6 nitrogen and oxygen atoms in total. The molecule has 0 saturated heterocycles. The van der Waals surface area contributed by atoms with Gasteiger partial charge in [-0.25, -0.2) is 17.9 Å². The first-order valence-electron chi connectivity index (χ1n) is 7.83. The number of nitrogens with two attached hydrogens (primary N) is 1. The van der Waals surface area contributed by atoms with Gasteiger partial charge in [-0.15, -0.1) is 0 Å². The molecule has 0 atom stereocenters. The molecule has 0 aliphatic heterocycles. The van der Waals surface area contributed by atoms with Gasteiger partial charge in [0.2, 0.25) is 10.0 Å².